The second kappa shape index (κ2) is 7.09. The Kier molecular flexibility index (Phi) is 5.69. The maximum Gasteiger partial charge on any atom is 0.391 e. The molecule has 2 aliphatic heterocycles. The van der Waals surface area contributed by atoms with E-state index < -0.39 is 12.1 Å². The van der Waals surface area contributed by atoms with Gasteiger partial charge in [-0.25, -0.2) is 0 Å². The molecular weight excluding hydrogens is 269 g/mol. The summed E-state index contributed by atoms with van der Waals surface area (Å²) >= 11 is 0. The Labute approximate surface area is 118 Å². The van der Waals surface area contributed by atoms with Crippen molar-refractivity contribution in [2.45, 2.75) is 51.0 Å². The predicted octanol–water partition coefficient (Wildman–Crippen LogP) is 2.42. The summed E-state index contributed by atoms with van der Waals surface area (Å²) in [4.78, 5) is 2.13. The molecule has 2 saturated heterocycles. The summed E-state index contributed by atoms with van der Waals surface area (Å²) in [7, 11) is 0. The molecule has 0 aliphatic carbocycles. The Hall–Kier alpha value is -0.330. The first kappa shape index (κ1) is 16.0. The molecule has 2 heterocycles. The maximum atomic E-state index is 12.6. The molecule has 2 aliphatic rings. The highest BCUT2D eigenvalue weighted by Crippen LogP contribution is 2.34. The van der Waals surface area contributed by atoms with Gasteiger partial charge in [-0.2, -0.15) is 13.2 Å². The lowest BCUT2D eigenvalue weighted by atomic mass is 9.96. The number of hydrogen-bond acceptors (Lipinski definition) is 3. The smallest absolute Gasteiger partial charge is 0.372 e. The van der Waals surface area contributed by atoms with Crippen LogP contribution in [0, 0.1) is 5.92 Å². The van der Waals surface area contributed by atoms with Crippen molar-refractivity contribution in [3.05, 3.63) is 0 Å². The third-order valence-corrected chi connectivity index (χ3v) is 4.33. The minimum Gasteiger partial charge on any atom is -0.372 e. The van der Waals surface area contributed by atoms with Gasteiger partial charge in [0, 0.05) is 13.1 Å². The van der Waals surface area contributed by atoms with Crippen LogP contribution in [0.3, 0.4) is 0 Å². The molecule has 0 amide bonds. The summed E-state index contributed by atoms with van der Waals surface area (Å²) in [6.07, 6.45) is -1.01. The van der Waals surface area contributed by atoms with Crippen LogP contribution in [0.25, 0.3) is 0 Å². The molecule has 0 aromatic heterocycles. The molecule has 0 spiro atoms. The van der Waals surface area contributed by atoms with Crippen LogP contribution in [0.4, 0.5) is 13.2 Å². The molecule has 2 atom stereocenters. The van der Waals surface area contributed by atoms with E-state index in [4.69, 9.17) is 4.74 Å². The van der Waals surface area contributed by atoms with Gasteiger partial charge in [-0.1, -0.05) is 6.92 Å². The minimum absolute atomic E-state index is 0.195. The summed E-state index contributed by atoms with van der Waals surface area (Å²) in [5, 5.41) is 3.27. The summed E-state index contributed by atoms with van der Waals surface area (Å²) in [5.41, 5.74) is 0. The number of alkyl halides is 3. The van der Waals surface area contributed by atoms with E-state index in [9.17, 15) is 13.2 Å². The molecule has 0 radical (unpaired) electrons. The standard InChI is InChI=1S/C14H25F3N2O/c1-2-18-9-12-3-4-13(20-12)10-19-7-5-11(6-8-19)14(15,16)17/h11-13,18H,2-10H2,1H3. The zero-order valence-electron chi connectivity index (χ0n) is 12.1. The maximum absolute atomic E-state index is 12.6. The summed E-state index contributed by atoms with van der Waals surface area (Å²) in [6, 6.07) is 0. The van der Waals surface area contributed by atoms with Crippen LogP contribution < -0.4 is 5.32 Å². The highest BCUT2D eigenvalue weighted by Gasteiger charge is 2.41. The molecule has 3 nitrogen and oxygen atoms in total. The van der Waals surface area contributed by atoms with E-state index in [-0.39, 0.29) is 25.0 Å². The van der Waals surface area contributed by atoms with Crippen LogP contribution in [0.5, 0.6) is 0 Å². The average molecular weight is 294 g/mol. The highest BCUT2D eigenvalue weighted by molar-refractivity contribution is 4.82. The second-order valence-electron chi connectivity index (χ2n) is 5.88. The number of likely N-dealkylation sites (N-methyl/N-ethyl adjacent to an activating group) is 1. The van der Waals surface area contributed by atoms with E-state index in [2.05, 4.69) is 17.1 Å². The van der Waals surface area contributed by atoms with Crippen LogP contribution in [-0.2, 0) is 4.74 Å². The summed E-state index contributed by atoms with van der Waals surface area (Å²) in [6.45, 7) is 5.76. The molecule has 2 rings (SSSR count). The van der Waals surface area contributed by atoms with Gasteiger partial charge in [-0.05, 0) is 45.3 Å². The quantitative estimate of drug-likeness (QED) is 0.843. The zero-order valence-corrected chi connectivity index (χ0v) is 12.1. The van der Waals surface area contributed by atoms with E-state index in [1.54, 1.807) is 0 Å². The number of ether oxygens (including phenoxy) is 1. The minimum atomic E-state index is -4.02. The van der Waals surface area contributed by atoms with Gasteiger partial charge >= 0.3 is 6.18 Å². The van der Waals surface area contributed by atoms with Crippen LogP contribution in [-0.4, -0.2) is 56.0 Å². The molecule has 2 unspecified atom stereocenters. The van der Waals surface area contributed by atoms with Gasteiger partial charge in [0.1, 0.15) is 0 Å². The largest absolute Gasteiger partial charge is 0.391 e. The van der Waals surface area contributed by atoms with Gasteiger partial charge in [-0.3, -0.25) is 0 Å². The second-order valence-corrected chi connectivity index (χ2v) is 5.88. The van der Waals surface area contributed by atoms with Crippen LogP contribution >= 0.6 is 0 Å². The fourth-order valence-corrected chi connectivity index (χ4v) is 3.10. The van der Waals surface area contributed by atoms with Crippen LogP contribution in [0.2, 0.25) is 0 Å². The first-order chi connectivity index (χ1) is 9.49. The molecule has 0 aromatic rings. The zero-order chi connectivity index (χ0) is 14.6. The van der Waals surface area contributed by atoms with Crippen molar-refractivity contribution in [2.75, 3.05) is 32.7 Å². The molecule has 118 valence electrons. The predicted molar refractivity (Wildman–Crippen MR) is 71.7 cm³/mol. The first-order valence-electron chi connectivity index (χ1n) is 7.64. The van der Waals surface area contributed by atoms with Crippen molar-refractivity contribution in [2.24, 2.45) is 5.92 Å². The van der Waals surface area contributed by atoms with Crippen molar-refractivity contribution >= 4 is 0 Å². The van der Waals surface area contributed by atoms with E-state index in [0.717, 1.165) is 32.5 Å². The van der Waals surface area contributed by atoms with Crippen molar-refractivity contribution in [1.82, 2.24) is 10.2 Å². The first-order valence-corrected chi connectivity index (χ1v) is 7.64. The number of likely N-dealkylation sites (tertiary alicyclic amines) is 1. The fourth-order valence-electron chi connectivity index (χ4n) is 3.10. The topological polar surface area (TPSA) is 24.5 Å². The molecule has 1 N–H and O–H groups in total. The van der Waals surface area contributed by atoms with Gasteiger partial charge in [0.05, 0.1) is 18.1 Å². The van der Waals surface area contributed by atoms with Gasteiger partial charge in [-0.15, -0.1) is 0 Å². The van der Waals surface area contributed by atoms with E-state index >= 15 is 0 Å². The average Bonchev–Trinajstić information content (AvgIpc) is 2.83. The molecular formula is C14H25F3N2O. The molecule has 0 bridgehead atoms. The highest BCUT2D eigenvalue weighted by atomic mass is 19.4. The fraction of sp³-hybridized carbons (Fsp3) is 1.00. The molecule has 0 saturated carbocycles. The number of rotatable bonds is 5. The lowest BCUT2D eigenvalue weighted by molar-refractivity contribution is -0.185. The lowest BCUT2D eigenvalue weighted by Crippen LogP contribution is -2.42. The Bertz CT molecular complexity index is 291. The van der Waals surface area contributed by atoms with Gasteiger partial charge in [0.15, 0.2) is 0 Å². The van der Waals surface area contributed by atoms with E-state index in [1.165, 1.54) is 0 Å². The Balaban J connectivity index is 1.66. The van der Waals surface area contributed by atoms with Gasteiger partial charge in [0.25, 0.3) is 0 Å². The SMILES string of the molecule is CCNCC1CCC(CN2CCC(C(F)(F)F)CC2)O1. The third kappa shape index (κ3) is 4.60. The van der Waals surface area contributed by atoms with Crippen molar-refractivity contribution in [3.63, 3.8) is 0 Å². The Morgan fingerprint density at radius 2 is 1.75 bits per heavy atom. The number of nitrogens with one attached hydrogen (secondary N) is 1. The lowest BCUT2D eigenvalue weighted by Gasteiger charge is -2.34. The van der Waals surface area contributed by atoms with Crippen LogP contribution in [0.15, 0.2) is 0 Å². The van der Waals surface area contributed by atoms with Gasteiger partial charge in [0.2, 0.25) is 0 Å². The monoisotopic (exact) mass is 294 g/mol. The van der Waals surface area contributed by atoms with Crippen molar-refractivity contribution in [1.29, 1.82) is 0 Å². The van der Waals surface area contributed by atoms with Crippen molar-refractivity contribution < 1.29 is 17.9 Å². The molecule has 2 fully saturated rings. The number of nitrogens with zero attached hydrogens (tertiary/aromatic N) is 1. The summed E-state index contributed by atoms with van der Waals surface area (Å²) in [5.74, 6) is -1.11. The normalized spacial score (nSPS) is 30.0. The Morgan fingerprint density at radius 1 is 1.10 bits per heavy atom. The van der Waals surface area contributed by atoms with Crippen molar-refractivity contribution in [3.8, 4) is 0 Å². The molecule has 0 aromatic carbocycles. The third-order valence-electron chi connectivity index (χ3n) is 4.33. The number of piperidine rings is 1. The van der Waals surface area contributed by atoms with E-state index in [0.29, 0.717) is 13.1 Å². The molecule has 6 heteroatoms. The Morgan fingerprint density at radius 3 is 2.35 bits per heavy atom. The van der Waals surface area contributed by atoms with Crippen LogP contribution in [0.1, 0.15) is 32.6 Å². The molecule has 20 heavy (non-hydrogen) atoms. The number of hydrogen-bond donors (Lipinski definition) is 1. The van der Waals surface area contributed by atoms with E-state index in [1.807, 2.05) is 0 Å². The summed E-state index contributed by atoms with van der Waals surface area (Å²) < 4.78 is 43.7. The van der Waals surface area contributed by atoms with Gasteiger partial charge < -0.3 is 15.0 Å². The number of halogens is 3.